The van der Waals surface area contributed by atoms with E-state index >= 15 is 0 Å². The molecule has 0 amide bonds. The van der Waals surface area contributed by atoms with Gasteiger partial charge in [-0.2, -0.15) is 0 Å². The molecule has 1 unspecified atom stereocenters. The Bertz CT molecular complexity index is 622. The topological polar surface area (TPSA) is 119 Å². The minimum absolute atomic E-state index is 0.217. The van der Waals surface area contributed by atoms with Crippen LogP contribution in [0.2, 0.25) is 0 Å². The molecule has 0 radical (unpaired) electrons. The lowest BCUT2D eigenvalue weighted by atomic mass is 10.0. The van der Waals surface area contributed by atoms with Crippen LogP contribution < -0.4 is 0 Å². The van der Waals surface area contributed by atoms with Gasteiger partial charge in [0.25, 0.3) is 0 Å². The van der Waals surface area contributed by atoms with Crippen LogP contribution in [0.1, 0.15) is 162 Å². The summed E-state index contributed by atoms with van der Waals surface area (Å²) < 4.78 is 25.8. The van der Waals surface area contributed by atoms with Gasteiger partial charge < -0.3 is 19.3 Å². The predicted molar refractivity (Wildman–Crippen MR) is 156 cm³/mol. The molecule has 9 heteroatoms. The quantitative estimate of drug-likeness (QED) is 0.0514. The van der Waals surface area contributed by atoms with Crippen molar-refractivity contribution < 1.29 is 37.9 Å². The lowest BCUT2D eigenvalue weighted by Gasteiger charge is -2.18. The molecular formula is C30H59O8P. The summed E-state index contributed by atoms with van der Waals surface area (Å²) in [6, 6.07) is 0. The second-order valence-electron chi connectivity index (χ2n) is 10.8. The van der Waals surface area contributed by atoms with Crippen molar-refractivity contribution in [2.75, 3.05) is 13.2 Å². The molecule has 0 aromatic heterocycles. The van der Waals surface area contributed by atoms with E-state index < -0.39 is 32.5 Å². The van der Waals surface area contributed by atoms with Crippen molar-refractivity contribution >= 4 is 19.8 Å². The second-order valence-corrected chi connectivity index (χ2v) is 12.0. The number of esters is 2. The average Bonchev–Trinajstić information content (AvgIpc) is 2.89. The molecule has 0 saturated carbocycles. The number of hydrogen-bond donors (Lipinski definition) is 2. The van der Waals surface area contributed by atoms with Crippen molar-refractivity contribution in [3.05, 3.63) is 0 Å². The Kier molecular flexibility index (Phi) is 26.6. The minimum Gasteiger partial charge on any atom is -0.462 e. The first-order valence-corrected chi connectivity index (χ1v) is 17.4. The van der Waals surface area contributed by atoms with Crippen LogP contribution in [0, 0.1) is 0 Å². The van der Waals surface area contributed by atoms with Gasteiger partial charge in [0.1, 0.15) is 6.61 Å². The highest BCUT2D eigenvalue weighted by atomic mass is 31.2. The summed E-state index contributed by atoms with van der Waals surface area (Å²) in [5.74, 6) is -0.918. The predicted octanol–water partition coefficient (Wildman–Crippen LogP) is 8.56. The molecule has 0 heterocycles. The van der Waals surface area contributed by atoms with Crippen LogP contribution in [0.4, 0.5) is 0 Å². The van der Waals surface area contributed by atoms with Crippen molar-refractivity contribution in [3.63, 3.8) is 0 Å². The molecule has 0 aliphatic heterocycles. The summed E-state index contributed by atoms with van der Waals surface area (Å²) in [5.41, 5.74) is 0. The number of phosphoric ester groups is 1. The van der Waals surface area contributed by atoms with Gasteiger partial charge in [0.15, 0.2) is 6.10 Å². The third kappa shape index (κ3) is 29.8. The maximum absolute atomic E-state index is 12.2. The van der Waals surface area contributed by atoms with Crippen molar-refractivity contribution in [1.29, 1.82) is 0 Å². The van der Waals surface area contributed by atoms with E-state index in [1.165, 1.54) is 103 Å². The molecule has 2 N–H and O–H groups in total. The molecular weight excluding hydrogens is 519 g/mol. The summed E-state index contributed by atoms with van der Waals surface area (Å²) >= 11 is 0. The second kappa shape index (κ2) is 27.2. The average molecular weight is 579 g/mol. The summed E-state index contributed by atoms with van der Waals surface area (Å²) in [4.78, 5) is 41.7. The number of carbonyl (C=O) groups excluding carboxylic acids is 2. The SMILES string of the molecule is CCCCCCCCCCCCCCCCCCCCCC(=O)OC(COC(=O)CCCC)COP(=O)(O)O. The lowest BCUT2D eigenvalue weighted by molar-refractivity contribution is -0.161. The molecule has 0 aromatic carbocycles. The van der Waals surface area contributed by atoms with E-state index in [0.29, 0.717) is 12.8 Å². The van der Waals surface area contributed by atoms with E-state index in [2.05, 4.69) is 11.4 Å². The summed E-state index contributed by atoms with van der Waals surface area (Å²) in [6.07, 6.45) is 25.3. The van der Waals surface area contributed by atoms with E-state index in [-0.39, 0.29) is 19.4 Å². The number of unbranched alkanes of at least 4 members (excludes halogenated alkanes) is 19. The van der Waals surface area contributed by atoms with Crippen LogP contribution in [0.15, 0.2) is 0 Å². The molecule has 232 valence electrons. The first kappa shape index (κ1) is 38.0. The Hall–Kier alpha value is -0.950. The maximum Gasteiger partial charge on any atom is 0.469 e. The molecule has 1 atom stereocenters. The number of rotatable bonds is 29. The van der Waals surface area contributed by atoms with Gasteiger partial charge in [-0.1, -0.05) is 136 Å². The van der Waals surface area contributed by atoms with Gasteiger partial charge in [0.05, 0.1) is 6.61 Å². The first-order valence-electron chi connectivity index (χ1n) is 15.8. The molecule has 0 fully saturated rings. The fourth-order valence-electron chi connectivity index (χ4n) is 4.47. The van der Waals surface area contributed by atoms with E-state index in [0.717, 1.165) is 19.3 Å². The zero-order valence-corrected chi connectivity index (χ0v) is 25.9. The van der Waals surface area contributed by atoms with Crippen LogP contribution in [0.3, 0.4) is 0 Å². The molecule has 39 heavy (non-hydrogen) atoms. The number of phosphoric acid groups is 1. The minimum atomic E-state index is -4.72. The molecule has 0 rings (SSSR count). The van der Waals surface area contributed by atoms with Crippen molar-refractivity contribution in [1.82, 2.24) is 0 Å². The van der Waals surface area contributed by atoms with Crippen LogP contribution in [-0.4, -0.2) is 41.0 Å². The van der Waals surface area contributed by atoms with E-state index in [1.807, 2.05) is 6.92 Å². The standard InChI is InChI=1S/C30H59O8P/c1-3-5-7-8-9-10-11-12-13-14-15-16-17-18-19-20-21-22-23-25-30(32)38-28(27-37-39(33,34)35)26-36-29(31)24-6-4-2/h28H,3-27H2,1-2H3,(H2,33,34,35). The van der Waals surface area contributed by atoms with Gasteiger partial charge in [-0.15, -0.1) is 0 Å². The Labute approximate surface area is 238 Å². The summed E-state index contributed by atoms with van der Waals surface area (Å²) in [5, 5.41) is 0. The first-order chi connectivity index (χ1) is 18.8. The highest BCUT2D eigenvalue weighted by Gasteiger charge is 2.22. The molecule has 8 nitrogen and oxygen atoms in total. The maximum atomic E-state index is 12.2. The van der Waals surface area contributed by atoms with Crippen LogP contribution in [0.5, 0.6) is 0 Å². The van der Waals surface area contributed by atoms with Crippen molar-refractivity contribution in [2.45, 2.75) is 168 Å². The summed E-state index contributed by atoms with van der Waals surface area (Å²) in [7, 11) is -4.72. The molecule has 0 aromatic rings. The van der Waals surface area contributed by atoms with E-state index in [4.69, 9.17) is 19.3 Å². The Morgan fingerprint density at radius 3 is 1.36 bits per heavy atom. The monoisotopic (exact) mass is 578 g/mol. The van der Waals surface area contributed by atoms with Gasteiger partial charge >= 0.3 is 19.8 Å². The smallest absolute Gasteiger partial charge is 0.462 e. The Morgan fingerprint density at radius 2 is 0.949 bits per heavy atom. The normalized spacial score (nSPS) is 12.4. The highest BCUT2D eigenvalue weighted by molar-refractivity contribution is 7.46. The van der Waals surface area contributed by atoms with E-state index in [9.17, 15) is 14.2 Å². The van der Waals surface area contributed by atoms with Crippen molar-refractivity contribution in [2.24, 2.45) is 0 Å². The van der Waals surface area contributed by atoms with Gasteiger partial charge in [0.2, 0.25) is 0 Å². The molecule has 0 aliphatic rings. The van der Waals surface area contributed by atoms with Gasteiger partial charge in [0, 0.05) is 12.8 Å². The van der Waals surface area contributed by atoms with Crippen LogP contribution in [0.25, 0.3) is 0 Å². The number of carbonyl (C=O) groups is 2. The fourth-order valence-corrected chi connectivity index (χ4v) is 4.83. The van der Waals surface area contributed by atoms with E-state index in [1.54, 1.807) is 0 Å². The zero-order valence-electron chi connectivity index (χ0n) is 25.0. The zero-order chi connectivity index (χ0) is 29.0. The molecule has 0 spiro atoms. The van der Waals surface area contributed by atoms with Crippen LogP contribution >= 0.6 is 7.82 Å². The molecule has 0 saturated heterocycles. The fraction of sp³-hybridized carbons (Fsp3) is 0.933. The van der Waals surface area contributed by atoms with Gasteiger partial charge in [-0.05, 0) is 12.8 Å². The van der Waals surface area contributed by atoms with Gasteiger partial charge in [-0.3, -0.25) is 14.1 Å². The summed E-state index contributed by atoms with van der Waals surface area (Å²) in [6.45, 7) is 3.40. The highest BCUT2D eigenvalue weighted by Crippen LogP contribution is 2.35. The lowest BCUT2D eigenvalue weighted by Crippen LogP contribution is -2.29. The largest absolute Gasteiger partial charge is 0.469 e. The van der Waals surface area contributed by atoms with Crippen molar-refractivity contribution in [3.8, 4) is 0 Å². The van der Waals surface area contributed by atoms with Gasteiger partial charge in [-0.25, -0.2) is 4.57 Å². The molecule has 0 bridgehead atoms. The van der Waals surface area contributed by atoms with Crippen LogP contribution in [-0.2, 0) is 28.2 Å². The third-order valence-corrected chi connectivity index (χ3v) is 7.36. The number of hydrogen-bond acceptors (Lipinski definition) is 6. The molecule has 0 aliphatic carbocycles. The number of ether oxygens (including phenoxy) is 2. The Morgan fingerprint density at radius 1 is 0.564 bits per heavy atom. The third-order valence-electron chi connectivity index (χ3n) is 6.88. The Balaban J connectivity index is 3.70.